The number of rotatable bonds is 8. The lowest BCUT2D eigenvalue weighted by molar-refractivity contribution is -0.134. The third-order valence-electron chi connectivity index (χ3n) is 4.00. The van der Waals surface area contributed by atoms with Crippen LogP contribution in [0, 0.1) is 17.5 Å². The summed E-state index contributed by atoms with van der Waals surface area (Å²) in [5, 5.41) is 2.17. The van der Waals surface area contributed by atoms with Gasteiger partial charge in [-0.25, -0.2) is 13.2 Å². The molecule has 1 N–H and O–H groups in total. The number of benzene rings is 2. The van der Waals surface area contributed by atoms with E-state index in [0.717, 1.165) is 11.6 Å². The van der Waals surface area contributed by atoms with Crippen molar-refractivity contribution in [3.8, 4) is 5.75 Å². The summed E-state index contributed by atoms with van der Waals surface area (Å²) >= 11 is 0. The molecule has 0 unspecified atom stereocenters. The van der Waals surface area contributed by atoms with Gasteiger partial charge in [0.05, 0.1) is 25.8 Å². The predicted molar refractivity (Wildman–Crippen MR) is 98.5 cm³/mol. The molecule has 2 aromatic rings. The van der Waals surface area contributed by atoms with Crippen molar-refractivity contribution < 1.29 is 27.5 Å². The van der Waals surface area contributed by atoms with Gasteiger partial charge < -0.3 is 15.0 Å². The Bertz CT molecular complexity index is 841. The number of ether oxygens (including phenoxy) is 1. The van der Waals surface area contributed by atoms with E-state index in [2.05, 4.69) is 5.32 Å². The molecule has 0 fully saturated rings. The van der Waals surface area contributed by atoms with E-state index in [0.29, 0.717) is 24.8 Å². The molecule has 0 saturated heterocycles. The van der Waals surface area contributed by atoms with Crippen LogP contribution in [0.1, 0.15) is 18.9 Å². The quantitative estimate of drug-likeness (QED) is 0.697. The molecule has 0 aliphatic heterocycles. The van der Waals surface area contributed by atoms with Crippen LogP contribution in [0.5, 0.6) is 5.75 Å². The van der Waals surface area contributed by atoms with Gasteiger partial charge in [0.2, 0.25) is 11.8 Å². The molecular weight excluding hydrogens is 373 g/mol. The minimum absolute atomic E-state index is 0.0802. The minimum Gasteiger partial charge on any atom is -0.497 e. The Balaban J connectivity index is 2.03. The molecule has 2 aromatic carbocycles. The molecule has 0 aliphatic carbocycles. The average Bonchev–Trinajstić information content (AvgIpc) is 2.68. The number of carbonyl (C=O) groups excluding carboxylic acids is 2. The van der Waals surface area contributed by atoms with Gasteiger partial charge in [0, 0.05) is 6.54 Å². The van der Waals surface area contributed by atoms with Crippen LogP contribution in [0.15, 0.2) is 36.4 Å². The molecule has 0 spiro atoms. The number of anilines is 1. The van der Waals surface area contributed by atoms with E-state index in [1.165, 1.54) is 12.0 Å². The fraction of sp³-hybridized carbons (Fsp3) is 0.300. The third-order valence-corrected chi connectivity index (χ3v) is 4.00. The zero-order chi connectivity index (χ0) is 20.7. The van der Waals surface area contributed by atoms with E-state index in [1.54, 1.807) is 24.3 Å². The van der Waals surface area contributed by atoms with Crippen molar-refractivity contribution in [2.45, 2.75) is 19.8 Å². The van der Waals surface area contributed by atoms with Crippen LogP contribution in [0.25, 0.3) is 0 Å². The van der Waals surface area contributed by atoms with E-state index in [4.69, 9.17) is 4.74 Å². The number of hydrogen-bond donors (Lipinski definition) is 1. The first-order valence-electron chi connectivity index (χ1n) is 8.69. The zero-order valence-electron chi connectivity index (χ0n) is 15.6. The number of carbonyl (C=O) groups is 2. The lowest BCUT2D eigenvalue weighted by atomic mass is 10.1. The van der Waals surface area contributed by atoms with Crippen LogP contribution in [-0.2, 0) is 16.0 Å². The van der Waals surface area contributed by atoms with Crippen LogP contribution in [-0.4, -0.2) is 36.9 Å². The lowest BCUT2D eigenvalue weighted by Gasteiger charge is -2.22. The van der Waals surface area contributed by atoms with Crippen molar-refractivity contribution in [3.05, 3.63) is 59.4 Å². The predicted octanol–water partition coefficient (Wildman–Crippen LogP) is 3.53. The molecular formula is C20H21F3N2O3. The molecule has 150 valence electrons. The summed E-state index contributed by atoms with van der Waals surface area (Å²) in [5.74, 6) is -4.83. The van der Waals surface area contributed by atoms with Gasteiger partial charge in [-0.3, -0.25) is 9.59 Å². The van der Waals surface area contributed by atoms with Crippen molar-refractivity contribution in [2.75, 3.05) is 25.5 Å². The summed E-state index contributed by atoms with van der Waals surface area (Å²) in [5.41, 5.74) is 0.266. The van der Waals surface area contributed by atoms with Crippen LogP contribution in [0.2, 0.25) is 0 Å². The molecule has 0 saturated carbocycles. The monoisotopic (exact) mass is 394 g/mol. The third kappa shape index (κ3) is 5.48. The first-order chi connectivity index (χ1) is 13.3. The van der Waals surface area contributed by atoms with E-state index < -0.39 is 29.0 Å². The fourth-order valence-corrected chi connectivity index (χ4v) is 2.58. The molecule has 0 heterocycles. The van der Waals surface area contributed by atoms with Crippen molar-refractivity contribution in [1.29, 1.82) is 0 Å². The summed E-state index contributed by atoms with van der Waals surface area (Å²) in [6.45, 7) is 1.84. The van der Waals surface area contributed by atoms with Gasteiger partial charge in [-0.05, 0) is 36.2 Å². The zero-order valence-corrected chi connectivity index (χ0v) is 15.6. The van der Waals surface area contributed by atoms with E-state index >= 15 is 0 Å². The smallest absolute Gasteiger partial charge is 0.244 e. The maximum absolute atomic E-state index is 13.7. The van der Waals surface area contributed by atoms with E-state index in [9.17, 15) is 22.8 Å². The standard InChI is InChI=1S/C20H21F3N2O3/c1-3-10-25(18(27)11-13-4-6-14(28-2)7-5-13)12-17(26)24-16-9-8-15(21)19(22)20(16)23/h4-9H,3,10-12H2,1-2H3,(H,24,26). The molecule has 0 bridgehead atoms. The van der Waals surface area contributed by atoms with Gasteiger partial charge in [-0.2, -0.15) is 0 Å². The topological polar surface area (TPSA) is 58.6 Å². The lowest BCUT2D eigenvalue weighted by Crippen LogP contribution is -2.39. The first kappa shape index (κ1) is 21.3. The maximum Gasteiger partial charge on any atom is 0.244 e. The van der Waals surface area contributed by atoms with Gasteiger partial charge in [0.25, 0.3) is 0 Å². The molecule has 0 aliphatic rings. The summed E-state index contributed by atoms with van der Waals surface area (Å²) in [4.78, 5) is 26.1. The van der Waals surface area contributed by atoms with E-state index in [-0.39, 0.29) is 18.9 Å². The van der Waals surface area contributed by atoms with Gasteiger partial charge >= 0.3 is 0 Å². The molecule has 0 atom stereocenters. The highest BCUT2D eigenvalue weighted by atomic mass is 19.2. The molecule has 5 nitrogen and oxygen atoms in total. The van der Waals surface area contributed by atoms with Crippen molar-refractivity contribution in [2.24, 2.45) is 0 Å². The van der Waals surface area contributed by atoms with Crippen molar-refractivity contribution >= 4 is 17.5 Å². The van der Waals surface area contributed by atoms with Gasteiger partial charge in [0.15, 0.2) is 17.5 Å². The average molecular weight is 394 g/mol. The number of halogens is 3. The second-order valence-electron chi connectivity index (χ2n) is 6.11. The number of hydrogen-bond acceptors (Lipinski definition) is 3. The highest BCUT2D eigenvalue weighted by molar-refractivity contribution is 5.94. The highest BCUT2D eigenvalue weighted by Crippen LogP contribution is 2.19. The highest BCUT2D eigenvalue weighted by Gasteiger charge is 2.19. The Morgan fingerprint density at radius 1 is 1.04 bits per heavy atom. The molecule has 2 rings (SSSR count). The van der Waals surface area contributed by atoms with Gasteiger partial charge in [0.1, 0.15) is 5.75 Å². The van der Waals surface area contributed by atoms with E-state index in [1.807, 2.05) is 6.92 Å². The van der Waals surface area contributed by atoms with Crippen LogP contribution in [0.3, 0.4) is 0 Å². The molecule has 28 heavy (non-hydrogen) atoms. The minimum atomic E-state index is -1.67. The second-order valence-corrected chi connectivity index (χ2v) is 6.11. The molecule has 8 heteroatoms. The summed E-state index contributed by atoms with van der Waals surface area (Å²) in [7, 11) is 1.54. The Labute approximate surface area is 161 Å². The van der Waals surface area contributed by atoms with Crippen LogP contribution >= 0.6 is 0 Å². The molecule has 2 amide bonds. The Kier molecular flexibility index (Phi) is 7.43. The Hall–Kier alpha value is -3.03. The second kappa shape index (κ2) is 9.77. The van der Waals surface area contributed by atoms with Gasteiger partial charge in [-0.15, -0.1) is 0 Å². The molecule has 0 aromatic heterocycles. The summed E-state index contributed by atoms with van der Waals surface area (Å²) < 4.78 is 45.0. The number of nitrogens with one attached hydrogen (secondary N) is 1. The van der Waals surface area contributed by atoms with Crippen molar-refractivity contribution in [1.82, 2.24) is 4.90 Å². The fourth-order valence-electron chi connectivity index (χ4n) is 2.58. The number of methoxy groups -OCH3 is 1. The Morgan fingerprint density at radius 2 is 1.71 bits per heavy atom. The number of nitrogens with zero attached hydrogens (tertiary/aromatic N) is 1. The summed E-state index contributed by atoms with van der Waals surface area (Å²) in [6.07, 6.45) is 0.692. The van der Waals surface area contributed by atoms with Crippen LogP contribution < -0.4 is 10.1 Å². The van der Waals surface area contributed by atoms with Crippen molar-refractivity contribution in [3.63, 3.8) is 0 Å². The summed E-state index contributed by atoms with van der Waals surface area (Å²) in [6, 6.07) is 8.59. The largest absolute Gasteiger partial charge is 0.497 e. The van der Waals surface area contributed by atoms with Gasteiger partial charge in [-0.1, -0.05) is 19.1 Å². The Morgan fingerprint density at radius 3 is 2.32 bits per heavy atom. The maximum atomic E-state index is 13.7. The van der Waals surface area contributed by atoms with Crippen LogP contribution in [0.4, 0.5) is 18.9 Å². The first-order valence-corrected chi connectivity index (χ1v) is 8.69. The SMILES string of the molecule is CCCN(CC(=O)Nc1ccc(F)c(F)c1F)C(=O)Cc1ccc(OC)cc1. The normalized spacial score (nSPS) is 10.5. The molecule has 0 radical (unpaired) electrons. The number of amides is 2.